The largest absolute Gasteiger partial charge is 0.358 e. The molecule has 0 spiro atoms. The average molecular weight is 342 g/mol. The summed E-state index contributed by atoms with van der Waals surface area (Å²) >= 11 is 0. The van der Waals surface area contributed by atoms with Gasteiger partial charge in [-0.3, -0.25) is 9.59 Å². The summed E-state index contributed by atoms with van der Waals surface area (Å²) in [4.78, 5) is 23.6. The van der Waals surface area contributed by atoms with Crippen molar-refractivity contribution in [2.75, 3.05) is 13.6 Å². The summed E-state index contributed by atoms with van der Waals surface area (Å²) in [6.07, 6.45) is 2.83. The third kappa shape index (κ3) is 4.42. The Balaban J connectivity index is 1.49. The highest BCUT2D eigenvalue weighted by molar-refractivity contribution is 5.81. The van der Waals surface area contributed by atoms with Gasteiger partial charge in [0.15, 0.2) is 0 Å². The van der Waals surface area contributed by atoms with Crippen molar-refractivity contribution in [2.24, 2.45) is 0 Å². The molecular weight excluding hydrogens is 320 g/mol. The van der Waals surface area contributed by atoms with Crippen LogP contribution in [0.2, 0.25) is 0 Å². The van der Waals surface area contributed by atoms with Crippen LogP contribution in [0.3, 0.4) is 0 Å². The van der Waals surface area contributed by atoms with Gasteiger partial charge in [-0.1, -0.05) is 35.5 Å². The van der Waals surface area contributed by atoms with E-state index in [1.807, 2.05) is 36.5 Å². The number of aromatic nitrogens is 3. The number of amides is 2. The van der Waals surface area contributed by atoms with Gasteiger partial charge in [-0.05, 0) is 12.0 Å². The molecule has 3 N–H and O–H groups in total. The zero-order valence-corrected chi connectivity index (χ0v) is 14.1. The highest BCUT2D eigenvalue weighted by Crippen LogP contribution is 2.18. The van der Waals surface area contributed by atoms with E-state index in [-0.39, 0.29) is 23.9 Å². The Kier molecular flexibility index (Phi) is 5.39. The van der Waals surface area contributed by atoms with E-state index in [1.165, 1.54) is 0 Å². The number of carbonyl (C=O) groups is 2. The topological polar surface area (TPSA) is 101 Å². The van der Waals surface area contributed by atoms with Crippen LogP contribution in [-0.4, -0.2) is 46.4 Å². The first-order valence-corrected chi connectivity index (χ1v) is 8.32. The Morgan fingerprint density at radius 2 is 2.12 bits per heavy atom. The van der Waals surface area contributed by atoms with Gasteiger partial charge in [0, 0.05) is 13.6 Å². The van der Waals surface area contributed by atoms with Crippen LogP contribution in [0.1, 0.15) is 23.7 Å². The van der Waals surface area contributed by atoms with Crippen molar-refractivity contribution >= 4 is 11.8 Å². The molecular formula is C17H22N6O2. The summed E-state index contributed by atoms with van der Waals surface area (Å²) in [5.74, 6) is -0.0704. The van der Waals surface area contributed by atoms with Crippen LogP contribution in [0.25, 0.3) is 0 Å². The smallest absolute Gasteiger partial charge is 0.236 e. The van der Waals surface area contributed by atoms with Gasteiger partial charge in [-0.15, -0.1) is 5.10 Å². The van der Waals surface area contributed by atoms with Crippen molar-refractivity contribution < 1.29 is 9.59 Å². The number of hydrogen-bond donors (Lipinski definition) is 3. The molecule has 2 aromatic rings. The second-order valence-corrected chi connectivity index (χ2v) is 6.09. The first-order valence-electron chi connectivity index (χ1n) is 8.32. The highest BCUT2D eigenvalue weighted by Gasteiger charge is 2.30. The third-order valence-corrected chi connectivity index (χ3v) is 4.28. The van der Waals surface area contributed by atoms with Gasteiger partial charge in [0.25, 0.3) is 0 Å². The van der Waals surface area contributed by atoms with E-state index in [4.69, 9.17) is 0 Å². The van der Waals surface area contributed by atoms with Gasteiger partial charge in [0.1, 0.15) is 5.69 Å². The number of nitrogens with one attached hydrogen (secondary N) is 3. The van der Waals surface area contributed by atoms with Crippen LogP contribution < -0.4 is 16.0 Å². The Labute approximate surface area is 146 Å². The van der Waals surface area contributed by atoms with Gasteiger partial charge in [0.05, 0.1) is 31.2 Å². The normalized spacial score (nSPS) is 19.6. The van der Waals surface area contributed by atoms with Crippen molar-refractivity contribution in [3.8, 4) is 0 Å². The third-order valence-electron chi connectivity index (χ3n) is 4.28. The zero-order chi connectivity index (χ0) is 17.6. The van der Waals surface area contributed by atoms with Gasteiger partial charge < -0.3 is 16.0 Å². The fraction of sp³-hybridized carbons (Fsp3) is 0.412. The van der Waals surface area contributed by atoms with E-state index in [0.717, 1.165) is 5.56 Å². The summed E-state index contributed by atoms with van der Waals surface area (Å²) in [5.41, 5.74) is 1.67. The van der Waals surface area contributed by atoms with Crippen LogP contribution in [0.4, 0.5) is 0 Å². The minimum absolute atomic E-state index is 0.0176. The summed E-state index contributed by atoms with van der Waals surface area (Å²) in [6, 6.07) is 9.48. The molecule has 8 nitrogen and oxygen atoms in total. The number of nitrogens with zero attached hydrogens (tertiary/aromatic N) is 3. The summed E-state index contributed by atoms with van der Waals surface area (Å²) in [6.45, 7) is 1.01. The number of rotatable bonds is 6. The van der Waals surface area contributed by atoms with E-state index in [1.54, 1.807) is 11.7 Å². The Morgan fingerprint density at radius 3 is 2.88 bits per heavy atom. The van der Waals surface area contributed by atoms with Crippen molar-refractivity contribution in [3.63, 3.8) is 0 Å². The maximum atomic E-state index is 12.0. The van der Waals surface area contributed by atoms with Gasteiger partial charge in [-0.25, -0.2) is 4.68 Å². The van der Waals surface area contributed by atoms with Crippen molar-refractivity contribution in [1.82, 2.24) is 30.9 Å². The molecule has 0 unspecified atom stereocenters. The predicted molar refractivity (Wildman–Crippen MR) is 91.5 cm³/mol. The molecule has 132 valence electrons. The molecule has 2 amide bonds. The number of carbonyl (C=O) groups excluding carboxylic acids is 2. The monoisotopic (exact) mass is 342 g/mol. The van der Waals surface area contributed by atoms with Gasteiger partial charge >= 0.3 is 0 Å². The summed E-state index contributed by atoms with van der Waals surface area (Å²) < 4.78 is 1.76. The summed E-state index contributed by atoms with van der Waals surface area (Å²) in [5, 5.41) is 16.9. The van der Waals surface area contributed by atoms with Crippen LogP contribution in [0.15, 0.2) is 36.5 Å². The average Bonchev–Trinajstić information content (AvgIpc) is 3.29. The lowest BCUT2D eigenvalue weighted by Gasteiger charge is -2.08. The minimum Gasteiger partial charge on any atom is -0.358 e. The van der Waals surface area contributed by atoms with E-state index in [9.17, 15) is 9.59 Å². The molecule has 1 aromatic carbocycles. The van der Waals surface area contributed by atoms with Crippen LogP contribution in [0.5, 0.6) is 0 Å². The van der Waals surface area contributed by atoms with Crippen molar-refractivity contribution in [2.45, 2.75) is 31.5 Å². The lowest BCUT2D eigenvalue weighted by molar-refractivity contribution is -0.122. The first-order chi connectivity index (χ1) is 12.2. The SMILES string of the molecule is CNC(=O)[C@@H]1C[C@H](n2cc(CNC(=O)Cc3ccccc3)nn2)CN1. The summed E-state index contributed by atoms with van der Waals surface area (Å²) in [7, 11) is 1.63. The molecule has 1 aliphatic heterocycles. The van der Waals surface area contributed by atoms with E-state index in [0.29, 0.717) is 31.6 Å². The first kappa shape index (κ1) is 17.1. The highest BCUT2D eigenvalue weighted by atomic mass is 16.2. The molecule has 0 bridgehead atoms. The number of hydrogen-bond acceptors (Lipinski definition) is 5. The Hall–Kier alpha value is -2.74. The van der Waals surface area contributed by atoms with Gasteiger partial charge in [0.2, 0.25) is 11.8 Å². The lowest BCUT2D eigenvalue weighted by Crippen LogP contribution is -2.38. The fourth-order valence-corrected chi connectivity index (χ4v) is 2.90. The maximum absolute atomic E-state index is 12.0. The van der Waals surface area contributed by atoms with Crippen LogP contribution in [-0.2, 0) is 22.6 Å². The second kappa shape index (κ2) is 7.89. The fourth-order valence-electron chi connectivity index (χ4n) is 2.90. The lowest BCUT2D eigenvalue weighted by atomic mass is 10.1. The van der Waals surface area contributed by atoms with Crippen molar-refractivity contribution in [1.29, 1.82) is 0 Å². The molecule has 1 fully saturated rings. The van der Waals surface area contributed by atoms with E-state index in [2.05, 4.69) is 26.3 Å². The molecule has 2 atom stereocenters. The number of likely N-dealkylation sites (N-methyl/N-ethyl adjacent to an activating group) is 1. The van der Waals surface area contributed by atoms with Crippen molar-refractivity contribution in [3.05, 3.63) is 47.8 Å². The van der Waals surface area contributed by atoms with Crippen LogP contribution >= 0.6 is 0 Å². The van der Waals surface area contributed by atoms with Gasteiger partial charge in [-0.2, -0.15) is 0 Å². The molecule has 3 rings (SSSR count). The molecule has 2 heterocycles. The molecule has 8 heteroatoms. The second-order valence-electron chi connectivity index (χ2n) is 6.09. The minimum atomic E-state index is -0.201. The number of benzene rings is 1. The quantitative estimate of drug-likeness (QED) is 0.674. The molecule has 25 heavy (non-hydrogen) atoms. The molecule has 0 saturated carbocycles. The predicted octanol–water partition coefficient (Wildman–Crippen LogP) is -0.214. The van der Waals surface area contributed by atoms with E-state index < -0.39 is 0 Å². The van der Waals surface area contributed by atoms with Crippen LogP contribution in [0, 0.1) is 0 Å². The molecule has 0 aliphatic carbocycles. The molecule has 0 radical (unpaired) electrons. The standard InChI is InChI=1S/C17H22N6O2/c1-18-17(25)15-8-14(10-19-15)23-11-13(21-22-23)9-20-16(24)7-12-5-3-2-4-6-12/h2-6,11,14-15,19H,7-10H2,1H3,(H,18,25)(H,20,24)/t14-,15-/m0/s1. The Morgan fingerprint density at radius 1 is 1.32 bits per heavy atom. The Bertz CT molecular complexity index is 730. The zero-order valence-electron chi connectivity index (χ0n) is 14.1. The maximum Gasteiger partial charge on any atom is 0.236 e. The van der Waals surface area contributed by atoms with E-state index >= 15 is 0 Å². The molecule has 1 aliphatic rings. The molecule has 1 aromatic heterocycles. The molecule has 1 saturated heterocycles.